The topological polar surface area (TPSA) is 12.9 Å². The number of aromatic nitrogens is 1. The molecule has 1 nitrogen and oxygen atoms in total. The summed E-state index contributed by atoms with van der Waals surface area (Å²) < 4.78 is 0. The zero-order chi connectivity index (χ0) is 4.41. The molecule has 1 heterocycles. The normalized spacial score (nSPS) is 7.57. The molecular weight excluding hydrogens is 280 g/mol. The van der Waals surface area contributed by atoms with E-state index in [0.29, 0.717) is 0 Å². The summed E-state index contributed by atoms with van der Waals surface area (Å²) in [6, 6.07) is 0. The maximum atomic E-state index is 3.72. The second kappa shape index (κ2) is 3.31. The predicted molar refractivity (Wildman–Crippen MR) is 25.7 cm³/mol. The Hall–Kier alpha value is 0.292. The van der Waals surface area contributed by atoms with Crippen molar-refractivity contribution in [3.8, 4) is 0 Å². The van der Waals surface area contributed by atoms with Crippen LogP contribution in [-0.4, -0.2) is 4.98 Å². The van der Waals surface area contributed by atoms with Gasteiger partial charge in [-0.25, -0.2) is 0 Å². The Bertz CT molecular complexity index is 115. The van der Waals surface area contributed by atoms with Crippen molar-refractivity contribution in [1.82, 2.24) is 4.98 Å². The average molecular weight is 284 g/mol. The number of rotatable bonds is 0. The molecule has 1 rings (SSSR count). The van der Waals surface area contributed by atoms with Crippen molar-refractivity contribution < 1.29 is 20.4 Å². The molecule has 3 heteroatoms. The first-order chi connectivity index (χ1) is 2.89. The van der Waals surface area contributed by atoms with Crippen LogP contribution in [0.5, 0.6) is 0 Å². The van der Waals surface area contributed by atoms with E-state index in [9.17, 15) is 0 Å². The molecule has 0 atom stereocenters. The zero-order valence-electron chi connectivity index (χ0n) is 3.81. The second-order valence-electron chi connectivity index (χ2n) is 1.06. The van der Waals surface area contributed by atoms with Crippen LogP contribution >= 0.6 is 11.3 Å². The summed E-state index contributed by atoms with van der Waals surface area (Å²) >= 11 is 1.54. The van der Waals surface area contributed by atoms with E-state index >= 15 is 0 Å². The Balaban J connectivity index is 0.000000360. The van der Waals surface area contributed by atoms with Gasteiger partial charge in [0, 0.05) is 20.4 Å². The molecule has 0 bridgehead atoms. The minimum absolute atomic E-state index is 0. The van der Waals surface area contributed by atoms with Crippen molar-refractivity contribution in [2.75, 3.05) is 0 Å². The standard InChI is InChI=1S/C4H4NS.Re/c1-4-2-5-3-6-4;/h2H,1H3;/q-1;. The SMILES string of the molecule is Cc1cn[c-]s1.[Re]. The van der Waals surface area contributed by atoms with Crippen molar-refractivity contribution in [2.45, 2.75) is 6.92 Å². The molecule has 1 radical (unpaired) electrons. The minimum Gasteiger partial charge on any atom is -0.394 e. The van der Waals surface area contributed by atoms with Gasteiger partial charge in [0.2, 0.25) is 0 Å². The molecule has 0 saturated carbocycles. The fourth-order valence-corrected chi connectivity index (χ4v) is 0.597. The number of hydrogen-bond acceptors (Lipinski definition) is 2. The van der Waals surface area contributed by atoms with Gasteiger partial charge < -0.3 is 4.98 Å². The molecule has 0 aliphatic heterocycles. The summed E-state index contributed by atoms with van der Waals surface area (Å²) in [7, 11) is 0. The van der Waals surface area contributed by atoms with E-state index in [4.69, 9.17) is 0 Å². The molecular formula is C4H4NReS-. The molecule has 0 aliphatic carbocycles. The molecule has 0 amide bonds. The Kier molecular flexibility index (Phi) is 3.45. The summed E-state index contributed by atoms with van der Waals surface area (Å²) in [5, 5.41) is 0. The molecule has 39 valence electrons. The summed E-state index contributed by atoms with van der Waals surface area (Å²) in [5.41, 5.74) is 2.72. The Labute approximate surface area is 60.4 Å². The summed E-state index contributed by atoms with van der Waals surface area (Å²) in [4.78, 5) is 4.93. The van der Waals surface area contributed by atoms with E-state index in [0.717, 1.165) is 0 Å². The van der Waals surface area contributed by atoms with Crippen LogP contribution in [0.1, 0.15) is 4.88 Å². The predicted octanol–water partition coefficient (Wildman–Crippen LogP) is 1.25. The van der Waals surface area contributed by atoms with Crippen molar-refractivity contribution in [1.29, 1.82) is 0 Å². The molecule has 1 aromatic heterocycles. The monoisotopic (exact) mass is 285 g/mol. The first-order valence-corrected chi connectivity index (χ1v) is 2.50. The van der Waals surface area contributed by atoms with Gasteiger partial charge in [-0.2, -0.15) is 0 Å². The molecule has 0 spiro atoms. The third kappa shape index (κ3) is 2.18. The van der Waals surface area contributed by atoms with Crippen LogP contribution in [-0.2, 0) is 20.4 Å². The van der Waals surface area contributed by atoms with Crippen molar-refractivity contribution in [2.24, 2.45) is 0 Å². The van der Waals surface area contributed by atoms with Crippen molar-refractivity contribution >= 4 is 11.3 Å². The van der Waals surface area contributed by atoms with Crippen molar-refractivity contribution in [3.05, 3.63) is 16.6 Å². The third-order valence-electron chi connectivity index (χ3n) is 0.506. The zero-order valence-corrected chi connectivity index (χ0v) is 7.34. The largest absolute Gasteiger partial charge is 0.394 e. The maximum Gasteiger partial charge on any atom is 0 e. The molecule has 0 aliphatic rings. The Morgan fingerprint density at radius 3 is 2.71 bits per heavy atom. The van der Waals surface area contributed by atoms with Gasteiger partial charge in [0.15, 0.2) is 0 Å². The van der Waals surface area contributed by atoms with Gasteiger partial charge in [-0.05, 0) is 5.51 Å². The van der Waals surface area contributed by atoms with Gasteiger partial charge in [0.05, 0.1) is 0 Å². The second-order valence-corrected chi connectivity index (χ2v) is 2.09. The van der Waals surface area contributed by atoms with Gasteiger partial charge in [-0.3, -0.25) is 11.3 Å². The number of hydrogen-bond donors (Lipinski definition) is 0. The molecule has 0 saturated heterocycles. The Morgan fingerprint density at radius 1 is 1.86 bits per heavy atom. The maximum absolute atomic E-state index is 3.72. The molecule has 0 N–H and O–H groups in total. The summed E-state index contributed by atoms with van der Waals surface area (Å²) in [5.74, 6) is 0. The van der Waals surface area contributed by atoms with E-state index in [1.54, 1.807) is 17.5 Å². The molecule has 0 aromatic carbocycles. The number of aryl methyl sites for hydroxylation is 1. The van der Waals surface area contributed by atoms with Crippen LogP contribution < -0.4 is 0 Å². The van der Waals surface area contributed by atoms with Gasteiger partial charge >= 0.3 is 0 Å². The number of thiazole rings is 1. The van der Waals surface area contributed by atoms with E-state index in [-0.39, 0.29) is 20.4 Å². The first-order valence-electron chi connectivity index (χ1n) is 1.68. The molecule has 7 heavy (non-hydrogen) atoms. The molecule has 0 unspecified atom stereocenters. The van der Waals surface area contributed by atoms with E-state index in [1.165, 1.54) is 4.88 Å². The van der Waals surface area contributed by atoms with Crippen LogP contribution in [0.3, 0.4) is 0 Å². The minimum atomic E-state index is 0. The number of nitrogens with zero attached hydrogens (tertiary/aromatic N) is 1. The van der Waals surface area contributed by atoms with Gasteiger partial charge in [-0.1, -0.05) is 6.92 Å². The van der Waals surface area contributed by atoms with E-state index in [1.807, 2.05) is 6.92 Å². The van der Waals surface area contributed by atoms with Crippen LogP contribution in [0, 0.1) is 12.4 Å². The fraction of sp³-hybridized carbons (Fsp3) is 0.250. The molecule has 1 aromatic rings. The van der Waals surface area contributed by atoms with E-state index in [2.05, 4.69) is 10.5 Å². The van der Waals surface area contributed by atoms with Crippen molar-refractivity contribution in [3.63, 3.8) is 0 Å². The quantitative estimate of drug-likeness (QED) is 0.654. The fourth-order valence-electron chi connectivity index (χ4n) is 0.242. The van der Waals surface area contributed by atoms with Crippen LogP contribution in [0.4, 0.5) is 0 Å². The van der Waals surface area contributed by atoms with Gasteiger partial charge in [0.1, 0.15) is 0 Å². The van der Waals surface area contributed by atoms with Gasteiger partial charge in [-0.15, -0.1) is 11.1 Å². The van der Waals surface area contributed by atoms with Crippen LogP contribution in [0.2, 0.25) is 0 Å². The van der Waals surface area contributed by atoms with Crippen LogP contribution in [0.15, 0.2) is 6.20 Å². The molecule has 0 fully saturated rings. The first kappa shape index (κ1) is 7.29. The van der Waals surface area contributed by atoms with E-state index < -0.39 is 0 Å². The summed E-state index contributed by atoms with van der Waals surface area (Å²) in [6.07, 6.45) is 1.80. The summed E-state index contributed by atoms with van der Waals surface area (Å²) in [6.45, 7) is 2.01. The van der Waals surface area contributed by atoms with Crippen LogP contribution in [0.25, 0.3) is 0 Å². The third-order valence-corrected chi connectivity index (χ3v) is 1.13. The smallest absolute Gasteiger partial charge is 0 e. The average Bonchev–Trinajstić information content (AvgIpc) is 1.86. The van der Waals surface area contributed by atoms with Gasteiger partial charge in [0.25, 0.3) is 0 Å². The Morgan fingerprint density at radius 2 is 2.57 bits per heavy atom.